The summed E-state index contributed by atoms with van der Waals surface area (Å²) in [5.74, 6) is -0.815. The molecular weight excluding hydrogens is 214 g/mol. The van der Waals surface area contributed by atoms with Gasteiger partial charge in [-0.1, -0.05) is 24.3 Å². The first-order valence-electron chi connectivity index (χ1n) is 5.37. The summed E-state index contributed by atoms with van der Waals surface area (Å²) in [4.78, 5) is 10.3. The lowest BCUT2D eigenvalue weighted by Crippen LogP contribution is -1.90. The van der Waals surface area contributed by atoms with Gasteiger partial charge in [-0.2, -0.15) is 0 Å². The molecule has 3 heteroatoms. The molecule has 0 aliphatic carbocycles. The van der Waals surface area contributed by atoms with Gasteiger partial charge < -0.3 is 9.67 Å². The Bertz CT molecular complexity index is 510. The highest BCUT2D eigenvalue weighted by Gasteiger charge is 1.94. The third-order valence-electron chi connectivity index (χ3n) is 2.40. The lowest BCUT2D eigenvalue weighted by atomic mass is 10.2. The van der Waals surface area contributed by atoms with Gasteiger partial charge >= 0.3 is 5.97 Å². The summed E-state index contributed by atoms with van der Waals surface area (Å²) in [5.41, 5.74) is 2.09. The smallest absolute Gasteiger partial charge is 0.307 e. The van der Waals surface area contributed by atoms with Gasteiger partial charge in [0.15, 0.2) is 0 Å². The van der Waals surface area contributed by atoms with Crippen molar-refractivity contribution in [3.63, 3.8) is 0 Å². The Labute approximate surface area is 99.6 Å². The summed E-state index contributed by atoms with van der Waals surface area (Å²) in [5, 5.41) is 8.51. The van der Waals surface area contributed by atoms with Gasteiger partial charge in [0.05, 0.1) is 6.42 Å². The molecule has 3 nitrogen and oxygen atoms in total. The predicted molar refractivity (Wildman–Crippen MR) is 67.1 cm³/mol. The van der Waals surface area contributed by atoms with Crippen LogP contribution in [0.4, 0.5) is 0 Å². The Balaban J connectivity index is 2.08. The molecule has 0 bridgehead atoms. The van der Waals surface area contributed by atoms with Crippen LogP contribution in [0.1, 0.15) is 12.0 Å². The molecule has 0 saturated heterocycles. The average molecular weight is 227 g/mol. The molecule has 0 amide bonds. The number of aromatic nitrogens is 1. The molecule has 1 N–H and O–H groups in total. The van der Waals surface area contributed by atoms with Crippen LogP contribution >= 0.6 is 0 Å². The van der Waals surface area contributed by atoms with Crippen molar-refractivity contribution in [2.45, 2.75) is 6.42 Å². The second-order valence-corrected chi connectivity index (χ2v) is 3.68. The van der Waals surface area contributed by atoms with E-state index in [4.69, 9.17) is 5.11 Å². The van der Waals surface area contributed by atoms with Crippen molar-refractivity contribution in [1.82, 2.24) is 4.57 Å². The van der Waals surface area contributed by atoms with Crippen molar-refractivity contribution < 1.29 is 9.90 Å². The molecule has 2 rings (SSSR count). The molecule has 0 radical (unpaired) electrons. The monoisotopic (exact) mass is 227 g/mol. The summed E-state index contributed by atoms with van der Waals surface area (Å²) in [6.45, 7) is 0. The molecule has 0 spiro atoms. The number of nitrogens with zero attached hydrogens (tertiary/aromatic N) is 1. The van der Waals surface area contributed by atoms with E-state index in [9.17, 15) is 4.79 Å². The maximum Gasteiger partial charge on any atom is 0.307 e. The van der Waals surface area contributed by atoms with Gasteiger partial charge in [0.2, 0.25) is 0 Å². The van der Waals surface area contributed by atoms with E-state index in [0.717, 1.165) is 11.3 Å². The van der Waals surface area contributed by atoms with Crippen molar-refractivity contribution >= 4 is 12.0 Å². The first kappa shape index (κ1) is 11.2. The molecule has 0 aliphatic rings. The maximum absolute atomic E-state index is 10.3. The van der Waals surface area contributed by atoms with Gasteiger partial charge in [0.1, 0.15) is 0 Å². The van der Waals surface area contributed by atoms with Crippen LogP contribution < -0.4 is 0 Å². The van der Waals surface area contributed by atoms with E-state index in [0.29, 0.717) is 0 Å². The highest BCUT2D eigenvalue weighted by Crippen LogP contribution is 2.11. The minimum absolute atomic E-state index is 0.0549. The number of aliphatic carboxylic acids is 1. The fourth-order valence-corrected chi connectivity index (χ4v) is 1.56. The van der Waals surface area contributed by atoms with Crippen LogP contribution in [0.5, 0.6) is 0 Å². The molecule has 0 unspecified atom stereocenters. The number of carbonyl (C=O) groups is 1. The lowest BCUT2D eigenvalue weighted by molar-refractivity contribution is -0.135. The Hall–Kier alpha value is -2.29. The van der Waals surface area contributed by atoms with Gasteiger partial charge in [-0.25, -0.2) is 0 Å². The molecule has 2 aromatic rings. The molecular formula is C14H13NO2. The third kappa shape index (κ3) is 3.08. The van der Waals surface area contributed by atoms with E-state index in [-0.39, 0.29) is 6.42 Å². The average Bonchev–Trinajstić information content (AvgIpc) is 2.83. The largest absolute Gasteiger partial charge is 0.481 e. The van der Waals surface area contributed by atoms with Gasteiger partial charge in [-0.15, -0.1) is 0 Å². The SMILES string of the molecule is O=C(O)CC=Cc1ccc(-n2cccc2)cc1. The number of rotatable bonds is 4. The van der Waals surface area contributed by atoms with Crippen LogP contribution in [0.15, 0.2) is 54.9 Å². The van der Waals surface area contributed by atoms with E-state index >= 15 is 0 Å². The van der Waals surface area contributed by atoms with Gasteiger partial charge in [0.25, 0.3) is 0 Å². The Morgan fingerprint density at radius 2 is 1.82 bits per heavy atom. The van der Waals surface area contributed by atoms with Crippen LogP contribution in [0.2, 0.25) is 0 Å². The van der Waals surface area contributed by atoms with E-state index in [1.165, 1.54) is 0 Å². The van der Waals surface area contributed by atoms with Crippen molar-refractivity contribution in [1.29, 1.82) is 0 Å². The van der Waals surface area contributed by atoms with Crippen molar-refractivity contribution in [2.75, 3.05) is 0 Å². The fourth-order valence-electron chi connectivity index (χ4n) is 1.56. The topological polar surface area (TPSA) is 42.2 Å². The van der Waals surface area contributed by atoms with E-state index in [1.807, 2.05) is 59.4 Å². The summed E-state index contributed by atoms with van der Waals surface area (Å²) < 4.78 is 2.02. The molecule has 0 saturated carbocycles. The molecule has 1 heterocycles. The highest BCUT2D eigenvalue weighted by atomic mass is 16.4. The minimum Gasteiger partial charge on any atom is -0.481 e. The van der Waals surface area contributed by atoms with Gasteiger partial charge in [-0.05, 0) is 29.8 Å². The highest BCUT2D eigenvalue weighted by molar-refractivity contribution is 5.70. The van der Waals surface area contributed by atoms with E-state index in [1.54, 1.807) is 6.08 Å². The van der Waals surface area contributed by atoms with Crippen LogP contribution in [-0.2, 0) is 4.79 Å². The number of hydrogen-bond donors (Lipinski definition) is 1. The molecule has 0 atom stereocenters. The van der Waals surface area contributed by atoms with Gasteiger partial charge in [0, 0.05) is 18.1 Å². The van der Waals surface area contributed by atoms with E-state index < -0.39 is 5.97 Å². The van der Waals surface area contributed by atoms with Crippen molar-refractivity contribution in [3.05, 3.63) is 60.4 Å². The second kappa shape index (κ2) is 5.16. The molecule has 17 heavy (non-hydrogen) atoms. The van der Waals surface area contributed by atoms with Crippen molar-refractivity contribution in [2.24, 2.45) is 0 Å². The number of carboxylic acids is 1. The maximum atomic E-state index is 10.3. The first-order chi connectivity index (χ1) is 8.25. The quantitative estimate of drug-likeness (QED) is 0.872. The van der Waals surface area contributed by atoms with Crippen LogP contribution in [0, 0.1) is 0 Å². The zero-order chi connectivity index (χ0) is 12.1. The van der Waals surface area contributed by atoms with Crippen LogP contribution in [-0.4, -0.2) is 15.6 Å². The first-order valence-corrected chi connectivity index (χ1v) is 5.37. The summed E-state index contributed by atoms with van der Waals surface area (Å²) in [7, 11) is 0. The molecule has 1 aromatic carbocycles. The third-order valence-corrected chi connectivity index (χ3v) is 2.40. The summed E-state index contributed by atoms with van der Waals surface area (Å²) in [6.07, 6.45) is 7.48. The summed E-state index contributed by atoms with van der Waals surface area (Å²) in [6, 6.07) is 11.9. The molecule has 0 fully saturated rings. The number of hydrogen-bond acceptors (Lipinski definition) is 1. The standard InChI is InChI=1S/C14H13NO2/c16-14(17)5-3-4-12-6-8-13(9-7-12)15-10-1-2-11-15/h1-4,6-11H,5H2,(H,16,17). The zero-order valence-corrected chi connectivity index (χ0v) is 9.28. The summed E-state index contributed by atoms with van der Waals surface area (Å²) >= 11 is 0. The lowest BCUT2D eigenvalue weighted by Gasteiger charge is -2.02. The normalized spacial score (nSPS) is 10.8. The number of carboxylic acid groups (broad SMARTS) is 1. The molecule has 1 aromatic heterocycles. The fraction of sp³-hybridized carbons (Fsp3) is 0.0714. The number of benzene rings is 1. The predicted octanol–water partition coefficient (Wildman–Crippen LogP) is 2.97. The van der Waals surface area contributed by atoms with E-state index in [2.05, 4.69) is 0 Å². The zero-order valence-electron chi connectivity index (χ0n) is 9.28. The van der Waals surface area contributed by atoms with Crippen LogP contribution in [0.25, 0.3) is 11.8 Å². The Morgan fingerprint density at radius 3 is 2.41 bits per heavy atom. The van der Waals surface area contributed by atoms with Crippen LogP contribution in [0.3, 0.4) is 0 Å². The minimum atomic E-state index is -0.815. The second-order valence-electron chi connectivity index (χ2n) is 3.68. The van der Waals surface area contributed by atoms with Crippen molar-refractivity contribution in [3.8, 4) is 5.69 Å². The molecule has 86 valence electrons. The Kier molecular flexibility index (Phi) is 3.40. The Morgan fingerprint density at radius 1 is 1.18 bits per heavy atom. The molecule has 0 aliphatic heterocycles. The van der Waals surface area contributed by atoms with Gasteiger partial charge in [-0.3, -0.25) is 4.79 Å².